The molecule has 0 aliphatic carbocycles. The Morgan fingerprint density at radius 1 is 1.29 bits per heavy atom. The van der Waals surface area contributed by atoms with Crippen molar-refractivity contribution >= 4 is 22.9 Å². The predicted molar refractivity (Wildman–Crippen MR) is 81.8 cm³/mol. The zero-order valence-corrected chi connectivity index (χ0v) is 12.0. The third-order valence-electron chi connectivity index (χ3n) is 3.12. The van der Waals surface area contributed by atoms with Gasteiger partial charge in [0.15, 0.2) is 5.65 Å². The lowest BCUT2D eigenvalue weighted by Gasteiger charge is -2.07. The minimum Gasteiger partial charge on any atom is -0.384 e. The van der Waals surface area contributed by atoms with Crippen molar-refractivity contribution in [1.82, 2.24) is 19.2 Å². The van der Waals surface area contributed by atoms with Gasteiger partial charge in [-0.2, -0.15) is 0 Å². The molecule has 3 aromatic rings. The number of anilines is 1. The Morgan fingerprint density at radius 2 is 2.19 bits per heavy atom. The molecule has 0 saturated heterocycles. The van der Waals surface area contributed by atoms with Crippen molar-refractivity contribution in [1.29, 1.82) is 0 Å². The number of rotatable bonds is 5. The van der Waals surface area contributed by atoms with Gasteiger partial charge >= 0.3 is 5.69 Å². The van der Waals surface area contributed by atoms with E-state index < -0.39 is 0 Å². The molecule has 0 fully saturated rings. The van der Waals surface area contributed by atoms with E-state index >= 15 is 0 Å². The summed E-state index contributed by atoms with van der Waals surface area (Å²) in [6.45, 7) is 1.25. The van der Waals surface area contributed by atoms with Crippen molar-refractivity contribution in [2.75, 3.05) is 11.9 Å². The van der Waals surface area contributed by atoms with Crippen molar-refractivity contribution < 1.29 is 0 Å². The van der Waals surface area contributed by atoms with Gasteiger partial charge in [-0.25, -0.2) is 9.48 Å². The highest BCUT2D eigenvalue weighted by Crippen LogP contribution is 2.18. The van der Waals surface area contributed by atoms with Crippen LogP contribution in [0.25, 0.3) is 5.65 Å². The first-order chi connectivity index (χ1) is 10.3. The van der Waals surface area contributed by atoms with E-state index in [1.165, 1.54) is 9.08 Å². The first kappa shape index (κ1) is 13.6. The van der Waals surface area contributed by atoms with Crippen LogP contribution in [0.15, 0.2) is 47.7 Å². The molecule has 0 spiro atoms. The fourth-order valence-corrected chi connectivity index (χ4v) is 2.27. The summed E-state index contributed by atoms with van der Waals surface area (Å²) in [5.74, 6) is 0. The largest absolute Gasteiger partial charge is 0.384 e. The molecule has 3 heterocycles. The highest BCUT2D eigenvalue weighted by Gasteiger charge is 2.05. The van der Waals surface area contributed by atoms with Crippen LogP contribution in [-0.2, 0) is 6.54 Å². The fourth-order valence-electron chi connectivity index (χ4n) is 2.08. The lowest BCUT2D eigenvalue weighted by molar-refractivity contribution is 0.572. The van der Waals surface area contributed by atoms with Crippen LogP contribution in [0.3, 0.4) is 0 Å². The number of hydrogen-bond acceptors (Lipinski definition) is 4. The number of hydrogen-bond donors (Lipinski definition) is 1. The van der Waals surface area contributed by atoms with Crippen LogP contribution in [0.1, 0.15) is 6.42 Å². The van der Waals surface area contributed by atoms with Gasteiger partial charge in [0.25, 0.3) is 0 Å². The minimum atomic E-state index is -0.118. The molecule has 7 heteroatoms. The topological polar surface area (TPSA) is 64.2 Å². The molecule has 3 rings (SSSR count). The van der Waals surface area contributed by atoms with Crippen molar-refractivity contribution in [2.45, 2.75) is 13.0 Å². The highest BCUT2D eigenvalue weighted by molar-refractivity contribution is 6.33. The van der Waals surface area contributed by atoms with E-state index in [4.69, 9.17) is 11.6 Å². The Hall–Kier alpha value is -2.34. The molecule has 0 saturated carbocycles. The second kappa shape index (κ2) is 5.97. The fraction of sp³-hybridized carbons (Fsp3) is 0.214. The summed E-state index contributed by atoms with van der Waals surface area (Å²) in [4.78, 5) is 16.0. The summed E-state index contributed by atoms with van der Waals surface area (Å²) in [5.41, 5.74) is 1.38. The zero-order valence-electron chi connectivity index (χ0n) is 11.2. The van der Waals surface area contributed by atoms with E-state index in [1.807, 2.05) is 24.3 Å². The number of nitrogens with zero attached hydrogens (tertiary/aromatic N) is 4. The van der Waals surface area contributed by atoms with Gasteiger partial charge in [0.1, 0.15) is 0 Å². The molecular weight excluding hydrogens is 290 g/mol. The van der Waals surface area contributed by atoms with Crippen LogP contribution in [0.2, 0.25) is 5.02 Å². The quantitative estimate of drug-likeness (QED) is 0.733. The number of pyridine rings is 2. The SMILES string of the molecule is O=c1n(CCCNc2ccncc2Cl)nc2ccccn12. The summed E-state index contributed by atoms with van der Waals surface area (Å²) in [6.07, 6.45) is 5.76. The van der Waals surface area contributed by atoms with Gasteiger partial charge in [-0.05, 0) is 24.6 Å². The van der Waals surface area contributed by atoms with Crippen molar-refractivity contribution in [3.05, 3.63) is 58.4 Å². The third-order valence-corrected chi connectivity index (χ3v) is 3.42. The van der Waals surface area contributed by atoms with Crippen LogP contribution >= 0.6 is 11.6 Å². The summed E-state index contributed by atoms with van der Waals surface area (Å²) < 4.78 is 3.01. The van der Waals surface area contributed by atoms with E-state index in [9.17, 15) is 4.79 Å². The Balaban J connectivity index is 1.61. The molecule has 108 valence electrons. The maximum absolute atomic E-state index is 12.1. The van der Waals surface area contributed by atoms with E-state index in [1.54, 1.807) is 18.6 Å². The second-order valence-corrected chi connectivity index (χ2v) is 4.98. The Labute approximate surface area is 126 Å². The van der Waals surface area contributed by atoms with Gasteiger partial charge in [0.2, 0.25) is 0 Å². The summed E-state index contributed by atoms with van der Waals surface area (Å²) >= 11 is 6.00. The van der Waals surface area contributed by atoms with Crippen LogP contribution in [0.4, 0.5) is 5.69 Å². The van der Waals surface area contributed by atoms with Crippen LogP contribution in [0.5, 0.6) is 0 Å². The molecule has 3 aromatic heterocycles. The molecule has 21 heavy (non-hydrogen) atoms. The molecule has 6 nitrogen and oxygen atoms in total. The van der Waals surface area contributed by atoms with Crippen molar-refractivity contribution in [3.8, 4) is 0 Å². The molecule has 1 N–H and O–H groups in total. The van der Waals surface area contributed by atoms with E-state index in [-0.39, 0.29) is 5.69 Å². The Bertz CT molecular complexity index is 810. The Kier molecular flexibility index (Phi) is 3.87. The molecule has 0 unspecified atom stereocenters. The predicted octanol–water partition coefficient (Wildman–Crippen LogP) is 2.05. The van der Waals surface area contributed by atoms with Crippen molar-refractivity contribution in [2.24, 2.45) is 0 Å². The highest BCUT2D eigenvalue weighted by atomic mass is 35.5. The lowest BCUT2D eigenvalue weighted by Crippen LogP contribution is -2.22. The molecule has 0 amide bonds. The Morgan fingerprint density at radius 3 is 3.00 bits per heavy atom. The number of fused-ring (bicyclic) bond motifs is 1. The standard InChI is InChI=1S/C14H14ClN5O/c15-11-10-16-7-5-12(11)17-6-3-9-20-14(21)19-8-2-1-4-13(19)18-20/h1-2,4-5,7-8,10H,3,6,9H2,(H,16,17). The van der Waals surface area contributed by atoms with Gasteiger partial charge in [-0.3, -0.25) is 9.38 Å². The van der Waals surface area contributed by atoms with Crippen LogP contribution < -0.4 is 11.0 Å². The zero-order chi connectivity index (χ0) is 14.7. The van der Waals surface area contributed by atoms with Gasteiger partial charge in [0.05, 0.1) is 10.7 Å². The first-order valence-corrected chi connectivity index (χ1v) is 7.01. The normalized spacial score (nSPS) is 10.9. The van der Waals surface area contributed by atoms with Gasteiger partial charge in [-0.15, -0.1) is 5.10 Å². The average molecular weight is 304 g/mol. The molecule has 0 radical (unpaired) electrons. The van der Waals surface area contributed by atoms with Gasteiger partial charge in [0, 0.05) is 31.7 Å². The van der Waals surface area contributed by atoms with Crippen molar-refractivity contribution in [3.63, 3.8) is 0 Å². The molecule has 0 aromatic carbocycles. The molecule has 0 atom stereocenters. The van der Waals surface area contributed by atoms with E-state index in [0.29, 0.717) is 23.8 Å². The maximum Gasteiger partial charge on any atom is 0.350 e. The van der Waals surface area contributed by atoms with Crippen LogP contribution in [0, 0.1) is 0 Å². The van der Waals surface area contributed by atoms with E-state index in [0.717, 1.165) is 12.1 Å². The number of aromatic nitrogens is 4. The third kappa shape index (κ3) is 2.90. The molecule has 0 aliphatic rings. The minimum absolute atomic E-state index is 0.118. The smallest absolute Gasteiger partial charge is 0.350 e. The summed E-state index contributed by atoms with van der Waals surface area (Å²) in [5, 5.41) is 8.08. The maximum atomic E-state index is 12.1. The molecule has 0 aliphatic heterocycles. The van der Waals surface area contributed by atoms with Gasteiger partial charge in [-0.1, -0.05) is 17.7 Å². The number of halogens is 1. The monoisotopic (exact) mass is 303 g/mol. The lowest BCUT2D eigenvalue weighted by atomic mass is 10.3. The first-order valence-electron chi connectivity index (χ1n) is 6.63. The number of nitrogens with one attached hydrogen (secondary N) is 1. The average Bonchev–Trinajstić information content (AvgIpc) is 2.82. The number of aryl methyl sites for hydroxylation is 1. The summed E-state index contributed by atoms with van der Waals surface area (Å²) in [6, 6.07) is 7.30. The second-order valence-electron chi connectivity index (χ2n) is 4.57. The van der Waals surface area contributed by atoms with Crippen LogP contribution in [-0.4, -0.2) is 25.7 Å². The summed E-state index contributed by atoms with van der Waals surface area (Å²) in [7, 11) is 0. The molecule has 0 bridgehead atoms. The van der Waals surface area contributed by atoms with Gasteiger partial charge < -0.3 is 5.32 Å². The van der Waals surface area contributed by atoms with E-state index in [2.05, 4.69) is 15.4 Å². The molecular formula is C14H14ClN5O.